The van der Waals surface area contributed by atoms with Crippen LogP contribution in [0.3, 0.4) is 0 Å². The van der Waals surface area contributed by atoms with Crippen molar-refractivity contribution in [1.29, 1.82) is 0 Å². The van der Waals surface area contributed by atoms with E-state index in [1.165, 1.54) is 16.2 Å². The Morgan fingerprint density at radius 3 is 3.05 bits per heavy atom. The number of hydrogen-bond donors (Lipinski definition) is 1. The Bertz CT molecular complexity index is 659. The fourth-order valence-corrected chi connectivity index (χ4v) is 3.82. The van der Waals surface area contributed by atoms with Gasteiger partial charge in [0.25, 0.3) is 5.56 Å². The first kappa shape index (κ1) is 14.4. The van der Waals surface area contributed by atoms with E-state index in [-0.39, 0.29) is 5.56 Å². The van der Waals surface area contributed by atoms with Gasteiger partial charge in [-0.25, -0.2) is 9.97 Å². The molecule has 3 heterocycles. The van der Waals surface area contributed by atoms with Crippen LogP contribution in [0.1, 0.15) is 40.0 Å². The average Bonchev–Trinajstić information content (AvgIpc) is 2.77. The molecule has 1 atom stereocenters. The molecule has 0 amide bonds. The van der Waals surface area contributed by atoms with Gasteiger partial charge in [0.2, 0.25) is 0 Å². The molecule has 0 aliphatic carbocycles. The van der Waals surface area contributed by atoms with Crippen molar-refractivity contribution in [2.45, 2.75) is 39.2 Å². The quantitative estimate of drug-likeness (QED) is 0.944. The molecule has 0 aromatic carbocycles. The third-order valence-corrected chi connectivity index (χ3v) is 5.11. The summed E-state index contributed by atoms with van der Waals surface area (Å²) < 4.78 is 0. The van der Waals surface area contributed by atoms with Crippen LogP contribution < -0.4 is 5.56 Å². The fraction of sp³-hybridized carbons (Fsp3) is 0.533. The van der Waals surface area contributed by atoms with Crippen LogP contribution in [0.5, 0.6) is 0 Å². The molecule has 0 bridgehead atoms. The molecule has 112 valence electrons. The van der Waals surface area contributed by atoms with Crippen LogP contribution in [0.4, 0.5) is 0 Å². The van der Waals surface area contributed by atoms with Crippen LogP contribution in [-0.2, 0) is 6.54 Å². The monoisotopic (exact) mass is 304 g/mol. The standard InChI is InChI=1S/C15H20N4OS/c1-10-11(2)21-15(18-10)8-19-5-3-4-12(7-19)13-6-14(20)17-9-16-13/h6,9,12H,3-5,7-8H2,1-2H3,(H,16,17,20)/t12-/m1/s1. The van der Waals surface area contributed by atoms with Gasteiger partial charge in [-0.3, -0.25) is 9.69 Å². The first-order chi connectivity index (χ1) is 10.1. The molecule has 0 spiro atoms. The van der Waals surface area contributed by atoms with E-state index in [1.54, 1.807) is 17.4 Å². The molecule has 0 saturated carbocycles. The summed E-state index contributed by atoms with van der Waals surface area (Å²) in [6.45, 7) is 7.13. The van der Waals surface area contributed by atoms with E-state index in [4.69, 9.17) is 0 Å². The van der Waals surface area contributed by atoms with Crippen LogP contribution in [0.2, 0.25) is 0 Å². The number of nitrogens with zero attached hydrogens (tertiary/aromatic N) is 3. The zero-order valence-electron chi connectivity index (χ0n) is 12.4. The Kier molecular flexibility index (Phi) is 4.17. The lowest BCUT2D eigenvalue weighted by Gasteiger charge is -2.31. The Hall–Kier alpha value is -1.53. The summed E-state index contributed by atoms with van der Waals surface area (Å²) in [5.74, 6) is 0.350. The fourth-order valence-electron chi connectivity index (χ4n) is 2.85. The van der Waals surface area contributed by atoms with Crippen LogP contribution in [0, 0.1) is 13.8 Å². The Morgan fingerprint density at radius 1 is 1.48 bits per heavy atom. The van der Waals surface area contributed by atoms with Crippen molar-refractivity contribution < 1.29 is 0 Å². The maximum absolute atomic E-state index is 11.4. The number of aromatic nitrogens is 3. The molecule has 2 aromatic heterocycles. The van der Waals surface area contributed by atoms with E-state index in [1.807, 2.05) is 0 Å². The third-order valence-electron chi connectivity index (χ3n) is 4.05. The lowest BCUT2D eigenvalue weighted by Crippen LogP contribution is -2.34. The summed E-state index contributed by atoms with van der Waals surface area (Å²) in [5, 5.41) is 1.18. The molecule has 0 radical (unpaired) electrons. The largest absolute Gasteiger partial charge is 0.313 e. The molecular formula is C15H20N4OS. The summed E-state index contributed by atoms with van der Waals surface area (Å²) in [5.41, 5.74) is 1.98. The van der Waals surface area contributed by atoms with Gasteiger partial charge in [0.1, 0.15) is 5.01 Å². The molecule has 3 rings (SSSR count). The normalized spacial score (nSPS) is 19.8. The highest BCUT2D eigenvalue weighted by atomic mass is 32.1. The van der Waals surface area contributed by atoms with Crippen LogP contribution in [0.25, 0.3) is 0 Å². The van der Waals surface area contributed by atoms with E-state index >= 15 is 0 Å². The number of thiazole rings is 1. The minimum Gasteiger partial charge on any atom is -0.313 e. The van der Waals surface area contributed by atoms with Gasteiger partial charge in [0.05, 0.1) is 24.3 Å². The van der Waals surface area contributed by atoms with Crippen molar-refractivity contribution >= 4 is 11.3 Å². The summed E-state index contributed by atoms with van der Waals surface area (Å²) in [7, 11) is 0. The molecular weight excluding hydrogens is 284 g/mol. The Balaban J connectivity index is 1.69. The second kappa shape index (κ2) is 6.07. The van der Waals surface area contributed by atoms with Crippen LogP contribution in [-0.4, -0.2) is 32.9 Å². The number of rotatable bonds is 3. The molecule has 1 aliphatic rings. The van der Waals surface area contributed by atoms with Gasteiger partial charge in [-0.1, -0.05) is 0 Å². The van der Waals surface area contributed by atoms with Gasteiger partial charge in [0.15, 0.2) is 0 Å². The number of hydrogen-bond acceptors (Lipinski definition) is 5. The lowest BCUT2D eigenvalue weighted by atomic mass is 9.94. The molecule has 2 aromatic rings. The molecule has 1 aliphatic heterocycles. The van der Waals surface area contributed by atoms with E-state index in [2.05, 4.69) is 33.7 Å². The lowest BCUT2D eigenvalue weighted by molar-refractivity contribution is 0.198. The second-order valence-corrected chi connectivity index (χ2v) is 6.95. The van der Waals surface area contributed by atoms with Crippen molar-refractivity contribution in [3.8, 4) is 0 Å². The Labute approximate surface area is 128 Å². The predicted molar refractivity (Wildman–Crippen MR) is 83.7 cm³/mol. The zero-order valence-corrected chi connectivity index (χ0v) is 13.2. The predicted octanol–water partition coefficient (Wildman–Crippen LogP) is 2.22. The van der Waals surface area contributed by atoms with Crippen molar-refractivity contribution in [1.82, 2.24) is 19.9 Å². The maximum Gasteiger partial charge on any atom is 0.250 e. The van der Waals surface area contributed by atoms with Gasteiger partial charge < -0.3 is 4.98 Å². The van der Waals surface area contributed by atoms with E-state index in [0.717, 1.165) is 43.9 Å². The number of likely N-dealkylation sites (tertiary alicyclic amines) is 1. The van der Waals surface area contributed by atoms with Gasteiger partial charge in [-0.2, -0.15) is 0 Å². The summed E-state index contributed by atoms with van der Waals surface area (Å²) in [6.07, 6.45) is 3.75. The molecule has 21 heavy (non-hydrogen) atoms. The van der Waals surface area contributed by atoms with Crippen molar-refractivity contribution in [2.24, 2.45) is 0 Å². The van der Waals surface area contributed by atoms with E-state index < -0.39 is 0 Å². The van der Waals surface area contributed by atoms with Crippen molar-refractivity contribution in [3.05, 3.63) is 44.0 Å². The first-order valence-electron chi connectivity index (χ1n) is 7.31. The highest BCUT2D eigenvalue weighted by Gasteiger charge is 2.23. The van der Waals surface area contributed by atoms with Crippen LogP contribution >= 0.6 is 11.3 Å². The van der Waals surface area contributed by atoms with Gasteiger partial charge >= 0.3 is 0 Å². The third kappa shape index (κ3) is 3.39. The highest BCUT2D eigenvalue weighted by molar-refractivity contribution is 7.11. The molecule has 0 unspecified atom stereocenters. The van der Waals surface area contributed by atoms with Crippen LogP contribution in [0.15, 0.2) is 17.2 Å². The topological polar surface area (TPSA) is 61.9 Å². The van der Waals surface area contributed by atoms with E-state index in [0.29, 0.717) is 5.92 Å². The van der Waals surface area contributed by atoms with Crippen molar-refractivity contribution in [3.63, 3.8) is 0 Å². The van der Waals surface area contributed by atoms with E-state index in [9.17, 15) is 4.79 Å². The maximum atomic E-state index is 11.4. The minimum atomic E-state index is -0.0664. The van der Waals surface area contributed by atoms with Gasteiger partial charge in [-0.15, -0.1) is 11.3 Å². The Morgan fingerprint density at radius 2 is 2.33 bits per heavy atom. The summed E-state index contributed by atoms with van der Waals surface area (Å²) >= 11 is 1.78. The number of aryl methyl sites for hydroxylation is 2. The molecule has 6 heteroatoms. The smallest absolute Gasteiger partial charge is 0.250 e. The number of aromatic amines is 1. The average molecular weight is 304 g/mol. The summed E-state index contributed by atoms with van der Waals surface area (Å²) in [4.78, 5) is 26.7. The number of H-pyrrole nitrogens is 1. The number of piperidine rings is 1. The zero-order chi connectivity index (χ0) is 14.8. The van der Waals surface area contributed by atoms with Gasteiger partial charge in [0, 0.05) is 23.4 Å². The van der Waals surface area contributed by atoms with Gasteiger partial charge in [-0.05, 0) is 33.2 Å². The molecule has 5 nitrogen and oxygen atoms in total. The SMILES string of the molecule is Cc1nc(CN2CCC[C@@H](c3cc(=O)[nH]cn3)C2)sc1C. The second-order valence-electron chi connectivity index (χ2n) is 5.66. The summed E-state index contributed by atoms with van der Waals surface area (Å²) in [6, 6.07) is 1.63. The first-order valence-corrected chi connectivity index (χ1v) is 8.13. The highest BCUT2D eigenvalue weighted by Crippen LogP contribution is 2.26. The molecule has 1 saturated heterocycles. The molecule has 1 N–H and O–H groups in total. The molecule has 1 fully saturated rings. The number of nitrogens with one attached hydrogen (secondary N) is 1. The van der Waals surface area contributed by atoms with Crippen molar-refractivity contribution in [2.75, 3.05) is 13.1 Å². The minimum absolute atomic E-state index is 0.0664.